The zero-order valence-corrected chi connectivity index (χ0v) is 23.5. The van der Waals surface area contributed by atoms with Crippen LogP contribution >= 0.6 is 24.8 Å². The maximum atomic E-state index is 3.19. The molecule has 0 saturated heterocycles. The number of hydrogen-bond donors (Lipinski definition) is 0. The third-order valence-corrected chi connectivity index (χ3v) is 4.13. The molecular weight excluding hydrogens is 527 g/mol. The van der Waals surface area contributed by atoms with Crippen molar-refractivity contribution in [3.63, 3.8) is 0 Å². The first-order valence-electron chi connectivity index (χ1n) is 9.69. The van der Waals surface area contributed by atoms with Crippen molar-refractivity contribution in [2.75, 3.05) is 0 Å². The Morgan fingerprint density at radius 3 is 1.59 bits per heavy atom. The van der Waals surface area contributed by atoms with Crippen LogP contribution in [0.2, 0.25) is 0 Å². The van der Waals surface area contributed by atoms with Crippen molar-refractivity contribution < 1.29 is 23.3 Å². The Kier molecular flexibility index (Phi) is 23.0. The van der Waals surface area contributed by atoms with E-state index in [0.29, 0.717) is 0 Å². The molecule has 0 spiro atoms. The van der Waals surface area contributed by atoms with Gasteiger partial charge in [0.2, 0.25) is 0 Å². The van der Waals surface area contributed by atoms with Gasteiger partial charge in [0.1, 0.15) is 0 Å². The summed E-state index contributed by atoms with van der Waals surface area (Å²) in [7, 11) is 0. The molecule has 1 aliphatic rings. The number of fused-ring (bicyclic) bond motifs is 1. The molecule has 4 heteroatoms. The first-order valence-corrected chi connectivity index (χ1v) is 13.9. The average Bonchev–Trinajstić information content (AvgIpc) is 3.47. The summed E-state index contributed by atoms with van der Waals surface area (Å²) < 4.78 is 0. The molecule has 0 aliphatic heterocycles. The molecule has 0 bridgehead atoms. The van der Waals surface area contributed by atoms with Crippen LogP contribution in [0.25, 0.3) is 10.8 Å². The molecule has 32 heavy (non-hydrogen) atoms. The Morgan fingerprint density at radius 1 is 0.750 bits per heavy atom. The van der Waals surface area contributed by atoms with Crippen molar-refractivity contribution >= 4 is 42.5 Å². The Bertz CT molecular complexity index is 849. The van der Waals surface area contributed by atoms with Crippen LogP contribution in [0.5, 0.6) is 0 Å². The van der Waals surface area contributed by atoms with Gasteiger partial charge in [0.05, 0.1) is 0 Å². The number of benzene rings is 3. The minimum absolute atomic E-state index is 0. The molecule has 166 valence electrons. The topological polar surface area (TPSA) is 0 Å². The standard InChI is InChI=1S/C9H7.C7H9.2C6H5.2ClH.Si.Zr/c1-2-5-9-7-3-6-8(9)4-1;1-6-4-3-5-7(6)2;2*1-2-4-6-5-3-1;;;;/h1-7H;4H,3H2,1-2H3;2*1-5H;2*1H;;/q4*-1;;;;. The normalized spacial score (nSPS) is 10.2. The molecule has 2 radical (unpaired) electrons. The molecule has 0 atom stereocenters. The molecule has 4 aromatic rings. The first-order chi connectivity index (χ1) is 14.8. The summed E-state index contributed by atoms with van der Waals surface area (Å²) in [5, 5.41) is 2.66. The molecule has 0 fully saturated rings. The Labute approximate surface area is 223 Å². The van der Waals surface area contributed by atoms with E-state index in [1.807, 2.05) is 60.7 Å². The van der Waals surface area contributed by atoms with Gasteiger partial charge in [-0.15, -0.1) is 67.8 Å². The van der Waals surface area contributed by atoms with Gasteiger partial charge in [-0.25, -0.2) is 11.1 Å². The molecule has 4 aromatic carbocycles. The molecule has 0 nitrogen and oxygen atoms in total. The molecule has 0 saturated carbocycles. The van der Waals surface area contributed by atoms with Gasteiger partial charge in [-0.2, -0.15) is 96.4 Å². The average molecular weight is 555 g/mol. The Hall–Kier alpha value is -1.57. The summed E-state index contributed by atoms with van der Waals surface area (Å²) in [4.78, 5) is 0. The maximum Gasteiger partial charge on any atom is -0.0809 e. The monoisotopic (exact) mass is 552 g/mol. The third-order valence-electron chi connectivity index (χ3n) is 4.13. The zero-order chi connectivity index (χ0) is 21.9. The summed E-state index contributed by atoms with van der Waals surface area (Å²) in [5.74, 6) is 0. The second-order valence-corrected chi connectivity index (χ2v) is 6.20. The Balaban J connectivity index is 0. The number of hydrogen-bond acceptors (Lipinski definition) is 0. The number of allylic oxidation sites excluding steroid dienone is 4. The largest absolute Gasteiger partial charge is 0.184 e. The molecule has 0 heterocycles. The van der Waals surface area contributed by atoms with Crippen LogP contribution in [0, 0.1) is 18.2 Å². The minimum atomic E-state index is 0. The van der Waals surface area contributed by atoms with Crippen molar-refractivity contribution in [1.29, 1.82) is 0 Å². The van der Waals surface area contributed by atoms with Gasteiger partial charge >= 0.3 is 30.2 Å². The van der Waals surface area contributed by atoms with Gasteiger partial charge in [0.15, 0.2) is 0 Å². The van der Waals surface area contributed by atoms with Crippen LogP contribution in [0.15, 0.2) is 120 Å². The predicted octanol–water partition coefficient (Wildman–Crippen LogP) is 8.08. The number of halogens is 2. The third kappa shape index (κ3) is 15.3. The van der Waals surface area contributed by atoms with E-state index in [9.17, 15) is 0 Å². The summed E-state index contributed by atoms with van der Waals surface area (Å²) in [6.45, 7) is 7.28. The van der Waals surface area contributed by atoms with Gasteiger partial charge < -0.3 is 0 Å². The quantitative estimate of drug-likeness (QED) is 0.152. The maximum absolute atomic E-state index is 3.19. The van der Waals surface area contributed by atoms with E-state index in [4.69, 9.17) is 0 Å². The van der Waals surface area contributed by atoms with Crippen LogP contribution in [0.4, 0.5) is 0 Å². The van der Waals surface area contributed by atoms with Crippen molar-refractivity contribution in [3.8, 4) is 0 Å². The van der Waals surface area contributed by atoms with Gasteiger partial charge in [0, 0.05) is 0 Å². The summed E-state index contributed by atoms with van der Waals surface area (Å²) in [6, 6.07) is 39.7. The van der Waals surface area contributed by atoms with E-state index in [1.54, 1.807) is 0 Å². The van der Waals surface area contributed by atoms with Crippen LogP contribution in [-0.2, 0) is 23.3 Å². The fraction of sp³-hybridized carbons (Fsp3) is 0.107. The first kappa shape index (κ1) is 32.6. The van der Waals surface area contributed by atoms with Gasteiger partial charge in [0.25, 0.3) is 0 Å². The van der Waals surface area contributed by atoms with E-state index in [-0.39, 0.29) is 24.8 Å². The van der Waals surface area contributed by atoms with Crippen LogP contribution in [0.1, 0.15) is 20.3 Å². The van der Waals surface area contributed by atoms with E-state index in [0.717, 1.165) is 6.42 Å². The molecule has 1 aliphatic carbocycles. The fourth-order valence-corrected chi connectivity index (χ4v) is 2.40. The molecule has 0 unspecified atom stereocenters. The van der Waals surface area contributed by atoms with Gasteiger partial charge in [-0.1, -0.05) is 13.0 Å². The molecule has 0 aromatic heterocycles. The summed E-state index contributed by atoms with van der Waals surface area (Å²) >= 11 is 1.36. The predicted molar refractivity (Wildman–Crippen MR) is 141 cm³/mol. The zero-order valence-electron chi connectivity index (χ0n) is 18.4. The van der Waals surface area contributed by atoms with E-state index >= 15 is 0 Å². The van der Waals surface area contributed by atoms with Crippen molar-refractivity contribution in [2.24, 2.45) is 0 Å². The number of rotatable bonds is 0. The smallest absolute Gasteiger partial charge is 0.0809 e. The molecule has 5 rings (SSSR count). The fourth-order valence-electron chi connectivity index (χ4n) is 2.40. The summed E-state index contributed by atoms with van der Waals surface area (Å²) in [6.07, 6.45) is 6.41. The van der Waals surface area contributed by atoms with Crippen molar-refractivity contribution in [3.05, 3.63) is 139 Å². The SMILES string of the molecule is CC1=[C-]CC=C1C.Cl.Cl.[Si]=[Zr].[c-]1ccccc1.[c-]1ccccc1.c1ccc2[cH-]ccc2c1. The van der Waals surface area contributed by atoms with Crippen LogP contribution in [0.3, 0.4) is 0 Å². The van der Waals surface area contributed by atoms with E-state index < -0.39 is 0 Å². The van der Waals surface area contributed by atoms with Crippen molar-refractivity contribution in [2.45, 2.75) is 20.3 Å². The van der Waals surface area contributed by atoms with Crippen LogP contribution in [-0.4, -0.2) is 6.88 Å². The summed E-state index contributed by atoms with van der Waals surface area (Å²) in [5.41, 5.74) is 2.71. The van der Waals surface area contributed by atoms with Gasteiger partial charge in [-0.05, 0) is 0 Å². The molecule has 0 amide bonds. The van der Waals surface area contributed by atoms with Crippen molar-refractivity contribution in [1.82, 2.24) is 0 Å². The van der Waals surface area contributed by atoms with E-state index in [2.05, 4.69) is 87.5 Å². The van der Waals surface area contributed by atoms with E-state index in [1.165, 1.54) is 45.3 Å². The van der Waals surface area contributed by atoms with Crippen LogP contribution < -0.4 is 0 Å². The second kappa shape index (κ2) is 22.6. The Morgan fingerprint density at radius 2 is 1.28 bits per heavy atom. The van der Waals surface area contributed by atoms with Gasteiger partial charge in [-0.3, -0.25) is 6.08 Å². The minimum Gasteiger partial charge on any atom is -0.184 e. The second-order valence-electron chi connectivity index (χ2n) is 6.20. The molecular formula is C28H28Cl2SiZr-4. The molecule has 0 N–H and O–H groups in total.